The number of hydrogen-bond donors (Lipinski definition) is 1. The predicted molar refractivity (Wildman–Crippen MR) is 84.5 cm³/mol. The van der Waals surface area contributed by atoms with Crippen molar-refractivity contribution in [2.24, 2.45) is 10.2 Å². The summed E-state index contributed by atoms with van der Waals surface area (Å²) in [5.74, 6) is -0.521. The standard InChI is InChI=1S/C15H12BrN3O3/c1-2-19-11-6-5-9(16)8-10(11)13(15(19)21)17-18-14(20)12-4-3-7-22-12/h3-8,21H,2H2,1H3. The SMILES string of the molecule is CCn1c(O)c(N=NC(=O)c2ccco2)c2cc(Br)ccc21. The second-order valence-electron chi connectivity index (χ2n) is 4.56. The fraction of sp³-hybridized carbons (Fsp3) is 0.133. The number of carbonyl (C=O) groups excluding carboxylic acids is 1. The molecule has 0 atom stereocenters. The van der Waals surface area contributed by atoms with Gasteiger partial charge in [-0.2, -0.15) is 0 Å². The lowest BCUT2D eigenvalue weighted by Gasteiger charge is -2.01. The Morgan fingerprint density at radius 1 is 1.41 bits per heavy atom. The number of benzene rings is 1. The average molecular weight is 362 g/mol. The molecule has 1 aromatic carbocycles. The normalized spacial score (nSPS) is 11.5. The van der Waals surface area contributed by atoms with Crippen molar-refractivity contribution in [1.29, 1.82) is 0 Å². The van der Waals surface area contributed by atoms with Crippen LogP contribution in [0.1, 0.15) is 17.5 Å². The molecule has 0 aliphatic heterocycles. The first kappa shape index (κ1) is 14.5. The van der Waals surface area contributed by atoms with Gasteiger partial charge < -0.3 is 14.1 Å². The van der Waals surface area contributed by atoms with E-state index < -0.39 is 5.91 Å². The summed E-state index contributed by atoms with van der Waals surface area (Å²) in [6.45, 7) is 2.49. The molecule has 6 nitrogen and oxygen atoms in total. The highest BCUT2D eigenvalue weighted by molar-refractivity contribution is 9.10. The third-order valence-corrected chi connectivity index (χ3v) is 3.75. The molecule has 7 heteroatoms. The second kappa shape index (κ2) is 5.76. The van der Waals surface area contributed by atoms with Gasteiger partial charge in [0.25, 0.3) is 0 Å². The van der Waals surface area contributed by atoms with E-state index in [-0.39, 0.29) is 17.3 Å². The van der Waals surface area contributed by atoms with Crippen LogP contribution in [-0.4, -0.2) is 15.6 Å². The summed E-state index contributed by atoms with van der Waals surface area (Å²) in [6, 6.07) is 8.68. The van der Waals surface area contributed by atoms with Gasteiger partial charge in [-0.15, -0.1) is 10.2 Å². The zero-order valence-corrected chi connectivity index (χ0v) is 13.2. The van der Waals surface area contributed by atoms with Crippen LogP contribution < -0.4 is 0 Å². The predicted octanol–water partition coefficient (Wildman–Crippen LogP) is 4.65. The van der Waals surface area contributed by atoms with Crippen LogP contribution in [0.4, 0.5) is 5.69 Å². The molecule has 3 aromatic rings. The van der Waals surface area contributed by atoms with E-state index in [0.717, 1.165) is 9.99 Å². The number of carbonyl (C=O) groups is 1. The van der Waals surface area contributed by atoms with Crippen LogP contribution in [0, 0.1) is 0 Å². The number of fused-ring (bicyclic) bond motifs is 1. The Morgan fingerprint density at radius 3 is 2.91 bits per heavy atom. The molecule has 2 heterocycles. The van der Waals surface area contributed by atoms with Gasteiger partial charge in [-0.1, -0.05) is 15.9 Å². The van der Waals surface area contributed by atoms with Gasteiger partial charge in [0.05, 0.1) is 11.8 Å². The number of aromatic nitrogens is 1. The first-order chi connectivity index (χ1) is 10.6. The van der Waals surface area contributed by atoms with E-state index >= 15 is 0 Å². The van der Waals surface area contributed by atoms with Crippen LogP contribution in [-0.2, 0) is 6.54 Å². The van der Waals surface area contributed by atoms with Gasteiger partial charge in [-0.3, -0.25) is 4.79 Å². The third kappa shape index (κ3) is 2.43. The number of azo groups is 1. The van der Waals surface area contributed by atoms with Crippen molar-refractivity contribution in [1.82, 2.24) is 4.57 Å². The Kier molecular flexibility index (Phi) is 3.81. The van der Waals surface area contributed by atoms with E-state index in [9.17, 15) is 9.90 Å². The van der Waals surface area contributed by atoms with Crippen molar-refractivity contribution in [2.75, 3.05) is 0 Å². The Balaban J connectivity index is 2.08. The lowest BCUT2D eigenvalue weighted by molar-refractivity contribution is 0.0968. The van der Waals surface area contributed by atoms with E-state index in [2.05, 4.69) is 26.2 Å². The maximum atomic E-state index is 11.8. The maximum absolute atomic E-state index is 11.8. The minimum atomic E-state index is -0.600. The van der Waals surface area contributed by atoms with Gasteiger partial charge in [-0.25, -0.2) is 0 Å². The third-order valence-electron chi connectivity index (χ3n) is 3.26. The van der Waals surface area contributed by atoms with Crippen molar-refractivity contribution in [3.8, 4) is 5.88 Å². The molecule has 3 rings (SSSR count). The van der Waals surface area contributed by atoms with E-state index in [1.807, 2.05) is 25.1 Å². The van der Waals surface area contributed by atoms with Crippen LogP contribution in [0.2, 0.25) is 0 Å². The van der Waals surface area contributed by atoms with Gasteiger partial charge >= 0.3 is 5.91 Å². The molecule has 2 aromatic heterocycles. The zero-order chi connectivity index (χ0) is 15.7. The number of rotatable bonds is 3. The number of hydrogen-bond acceptors (Lipinski definition) is 4. The summed E-state index contributed by atoms with van der Waals surface area (Å²) in [4.78, 5) is 11.8. The van der Waals surface area contributed by atoms with Crippen molar-refractivity contribution in [2.45, 2.75) is 13.5 Å². The second-order valence-corrected chi connectivity index (χ2v) is 5.48. The Hall–Kier alpha value is -2.41. The molecule has 112 valence electrons. The fourth-order valence-electron chi connectivity index (χ4n) is 2.26. The molecule has 0 saturated carbocycles. The van der Waals surface area contributed by atoms with Crippen LogP contribution in [0.25, 0.3) is 10.9 Å². The van der Waals surface area contributed by atoms with E-state index in [4.69, 9.17) is 4.42 Å². The Labute approximate surface area is 134 Å². The molecule has 0 aliphatic rings. The molecule has 0 unspecified atom stereocenters. The molecule has 0 saturated heterocycles. The summed E-state index contributed by atoms with van der Waals surface area (Å²) >= 11 is 3.39. The average Bonchev–Trinajstić information content (AvgIpc) is 3.11. The lowest BCUT2D eigenvalue weighted by Crippen LogP contribution is -1.91. The molecule has 1 amide bonds. The molecular formula is C15H12BrN3O3. The molecule has 1 N–H and O–H groups in total. The van der Waals surface area contributed by atoms with Crippen molar-refractivity contribution >= 4 is 38.4 Å². The van der Waals surface area contributed by atoms with E-state index in [1.165, 1.54) is 12.3 Å². The zero-order valence-electron chi connectivity index (χ0n) is 11.7. The molecule has 0 radical (unpaired) electrons. The van der Waals surface area contributed by atoms with Gasteiger partial charge in [-0.05, 0) is 37.3 Å². The summed E-state index contributed by atoms with van der Waals surface area (Å²) in [5.41, 5.74) is 1.08. The van der Waals surface area contributed by atoms with Gasteiger partial charge in [0, 0.05) is 16.4 Å². The minimum Gasteiger partial charge on any atom is -0.493 e. The number of aromatic hydroxyl groups is 1. The first-order valence-electron chi connectivity index (χ1n) is 6.62. The van der Waals surface area contributed by atoms with Crippen LogP contribution in [0.15, 0.2) is 55.7 Å². The number of nitrogens with zero attached hydrogens (tertiary/aromatic N) is 3. The van der Waals surface area contributed by atoms with E-state index in [0.29, 0.717) is 11.9 Å². The van der Waals surface area contributed by atoms with Crippen LogP contribution in [0.3, 0.4) is 0 Å². The number of halogens is 1. The van der Waals surface area contributed by atoms with Crippen molar-refractivity contribution in [3.63, 3.8) is 0 Å². The smallest absolute Gasteiger partial charge is 0.331 e. The molecule has 0 aliphatic carbocycles. The van der Waals surface area contributed by atoms with Crippen LogP contribution >= 0.6 is 15.9 Å². The molecule has 0 bridgehead atoms. The summed E-state index contributed by atoms with van der Waals surface area (Å²) in [5, 5.41) is 18.6. The van der Waals surface area contributed by atoms with Gasteiger partial charge in [0.2, 0.25) is 5.88 Å². The topological polar surface area (TPSA) is 80.1 Å². The Morgan fingerprint density at radius 2 is 2.23 bits per heavy atom. The summed E-state index contributed by atoms with van der Waals surface area (Å²) < 4.78 is 7.52. The highest BCUT2D eigenvalue weighted by atomic mass is 79.9. The number of aryl methyl sites for hydroxylation is 1. The van der Waals surface area contributed by atoms with Crippen LogP contribution in [0.5, 0.6) is 5.88 Å². The largest absolute Gasteiger partial charge is 0.493 e. The molecule has 0 fully saturated rings. The Bertz CT molecular complexity index is 866. The van der Waals surface area contributed by atoms with E-state index in [1.54, 1.807) is 10.6 Å². The lowest BCUT2D eigenvalue weighted by atomic mass is 10.2. The fourth-order valence-corrected chi connectivity index (χ4v) is 2.62. The quantitative estimate of drug-likeness (QED) is 0.689. The minimum absolute atomic E-state index is 0.0217. The van der Waals surface area contributed by atoms with Crippen molar-refractivity contribution < 1.29 is 14.3 Å². The van der Waals surface area contributed by atoms with Gasteiger partial charge in [0.1, 0.15) is 0 Å². The van der Waals surface area contributed by atoms with Gasteiger partial charge in [0.15, 0.2) is 11.4 Å². The summed E-state index contributed by atoms with van der Waals surface area (Å²) in [6.07, 6.45) is 1.39. The maximum Gasteiger partial charge on any atom is 0.331 e. The highest BCUT2D eigenvalue weighted by Crippen LogP contribution is 2.40. The highest BCUT2D eigenvalue weighted by Gasteiger charge is 2.17. The monoisotopic (exact) mass is 361 g/mol. The molecule has 0 spiro atoms. The first-order valence-corrected chi connectivity index (χ1v) is 7.41. The van der Waals surface area contributed by atoms with Crippen molar-refractivity contribution in [3.05, 3.63) is 46.8 Å². The summed E-state index contributed by atoms with van der Waals surface area (Å²) in [7, 11) is 0. The molecular weight excluding hydrogens is 350 g/mol. The number of furan rings is 1. The molecule has 22 heavy (non-hydrogen) atoms. The number of amides is 1.